The number of pyridine rings is 1. The van der Waals surface area contributed by atoms with E-state index in [-0.39, 0.29) is 23.7 Å². The first kappa shape index (κ1) is 24.6. The van der Waals surface area contributed by atoms with Gasteiger partial charge in [-0.2, -0.15) is 0 Å². The third kappa shape index (κ3) is 5.45. The number of carbonyl (C=O) groups is 1. The lowest BCUT2D eigenvalue weighted by Gasteiger charge is -2.47. The Morgan fingerprint density at radius 1 is 1.09 bits per heavy atom. The van der Waals surface area contributed by atoms with Gasteiger partial charge in [-0.25, -0.2) is 0 Å². The average molecular weight is 471 g/mol. The summed E-state index contributed by atoms with van der Waals surface area (Å²) in [6.45, 7) is 11.0. The topological polar surface area (TPSA) is 59.9 Å². The van der Waals surface area contributed by atoms with E-state index in [1.54, 1.807) is 30.4 Å². The molecular formula is C29H34N4O2. The van der Waals surface area contributed by atoms with Gasteiger partial charge in [0.1, 0.15) is 5.75 Å². The van der Waals surface area contributed by atoms with E-state index in [0.29, 0.717) is 11.6 Å². The molecule has 0 aliphatic carbocycles. The molecule has 6 nitrogen and oxygen atoms in total. The first-order valence-electron chi connectivity index (χ1n) is 12.1. The standard InChI is InChI=1S/C29H34N4O2/c1-5-16-32-19-22(3)33(20-21(32)2)28(24-9-7-11-27(34)18-24)23-8-6-10-25(17-23)29(35)31(4)26-12-14-30-15-13-26/h5-15,17-18,21-22,28,34H,1,16,19-20H2,2-4H3/t21-,22+,28-/m1/s1. The Balaban J connectivity index is 1.71. The summed E-state index contributed by atoms with van der Waals surface area (Å²) in [7, 11) is 1.78. The van der Waals surface area contributed by atoms with Crippen LogP contribution in [0.3, 0.4) is 0 Å². The minimum Gasteiger partial charge on any atom is -0.508 e. The van der Waals surface area contributed by atoms with Crippen LogP contribution in [-0.4, -0.2) is 64.6 Å². The van der Waals surface area contributed by atoms with Gasteiger partial charge >= 0.3 is 0 Å². The van der Waals surface area contributed by atoms with E-state index in [1.165, 1.54) is 0 Å². The van der Waals surface area contributed by atoms with Crippen LogP contribution in [0.15, 0.2) is 85.7 Å². The van der Waals surface area contributed by atoms with E-state index in [0.717, 1.165) is 36.4 Å². The number of anilines is 1. The molecule has 3 atom stereocenters. The Morgan fingerprint density at radius 2 is 1.77 bits per heavy atom. The third-order valence-corrected chi connectivity index (χ3v) is 6.85. The third-order valence-electron chi connectivity index (χ3n) is 6.85. The van der Waals surface area contributed by atoms with Crippen molar-refractivity contribution in [2.45, 2.75) is 32.0 Å². The van der Waals surface area contributed by atoms with Crippen LogP contribution < -0.4 is 4.90 Å². The van der Waals surface area contributed by atoms with E-state index >= 15 is 0 Å². The Kier molecular flexibility index (Phi) is 7.63. The van der Waals surface area contributed by atoms with E-state index in [4.69, 9.17) is 0 Å². The van der Waals surface area contributed by atoms with Gasteiger partial charge in [0, 0.05) is 62.4 Å². The van der Waals surface area contributed by atoms with Crippen molar-refractivity contribution in [2.24, 2.45) is 0 Å². The first-order chi connectivity index (χ1) is 16.9. The maximum Gasteiger partial charge on any atom is 0.258 e. The van der Waals surface area contributed by atoms with Crippen LogP contribution in [0.4, 0.5) is 5.69 Å². The summed E-state index contributed by atoms with van der Waals surface area (Å²) in [5.41, 5.74) is 3.45. The molecule has 1 saturated heterocycles. The molecule has 0 unspecified atom stereocenters. The Morgan fingerprint density at radius 3 is 2.46 bits per heavy atom. The summed E-state index contributed by atoms with van der Waals surface area (Å²) in [6, 6.07) is 19.5. The lowest BCUT2D eigenvalue weighted by molar-refractivity contribution is 0.0306. The number of benzene rings is 2. The average Bonchev–Trinajstić information content (AvgIpc) is 2.87. The molecular weight excluding hydrogens is 436 g/mol. The van der Waals surface area contributed by atoms with Crippen LogP contribution in [0.2, 0.25) is 0 Å². The fourth-order valence-corrected chi connectivity index (χ4v) is 5.00. The molecule has 1 aromatic heterocycles. The molecule has 1 amide bonds. The summed E-state index contributed by atoms with van der Waals surface area (Å²) >= 11 is 0. The van der Waals surface area contributed by atoms with Crippen LogP contribution in [0.5, 0.6) is 5.75 Å². The number of phenolic OH excluding ortho intramolecular Hbond substituents is 1. The summed E-state index contributed by atoms with van der Waals surface area (Å²) in [5.74, 6) is 0.160. The quantitative estimate of drug-likeness (QED) is 0.506. The Labute approximate surface area is 208 Å². The summed E-state index contributed by atoms with van der Waals surface area (Å²) in [5, 5.41) is 10.3. The molecule has 1 aliphatic heterocycles. The molecule has 1 fully saturated rings. The van der Waals surface area contributed by atoms with Gasteiger partial charge in [0.15, 0.2) is 0 Å². The van der Waals surface area contributed by atoms with E-state index in [1.807, 2.05) is 48.5 Å². The number of piperazine rings is 1. The number of rotatable bonds is 7. The van der Waals surface area contributed by atoms with Crippen LogP contribution in [-0.2, 0) is 0 Å². The summed E-state index contributed by atoms with van der Waals surface area (Å²) < 4.78 is 0. The Hall–Kier alpha value is -3.48. The normalized spacial score (nSPS) is 19.7. The lowest BCUT2D eigenvalue weighted by Crippen LogP contribution is -2.57. The zero-order valence-electron chi connectivity index (χ0n) is 20.7. The highest BCUT2D eigenvalue weighted by atomic mass is 16.3. The molecule has 3 aromatic rings. The molecule has 1 aliphatic rings. The van der Waals surface area contributed by atoms with Crippen molar-refractivity contribution in [1.29, 1.82) is 0 Å². The lowest BCUT2D eigenvalue weighted by atomic mass is 9.92. The molecule has 0 bridgehead atoms. The van der Waals surface area contributed by atoms with Gasteiger partial charge in [0.25, 0.3) is 5.91 Å². The van der Waals surface area contributed by atoms with Gasteiger partial charge in [0.2, 0.25) is 0 Å². The summed E-state index contributed by atoms with van der Waals surface area (Å²) in [4.78, 5) is 24.0. The maximum atomic E-state index is 13.4. The number of nitrogens with zero attached hydrogens (tertiary/aromatic N) is 4. The predicted molar refractivity (Wildman–Crippen MR) is 141 cm³/mol. The van der Waals surface area contributed by atoms with Gasteiger partial charge in [-0.1, -0.05) is 30.3 Å². The van der Waals surface area contributed by atoms with Gasteiger partial charge in [0.05, 0.1) is 6.04 Å². The summed E-state index contributed by atoms with van der Waals surface area (Å²) in [6.07, 6.45) is 5.32. The number of amides is 1. The van der Waals surface area contributed by atoms with Crippen molar-refractivity contribution < 1.29 is 9.90 Å². The van der Waals surface area contributed by atoms with Crippen molar-refractivity contribution >= 4 is 11.6 Å². The predicted octanol–water partition coefficient (Wildman–Crippen LogP) is 4.73. The Bertz CT molecular complexity index is 1170. The largest absolute Gasteiger partial charge is 0.508 e. The second-order valence-corrected chi connectivity index (χ2v) is 9.33. The molecule has 6 heteroatoms. The number of aromatic nitrogens is 1. The maximum absolute atomic E-state index is 13.4. The number of hydrogen-bond donors (Lipinski definition) is 1. The van der Waals surface area contributed by atoms with Crippen molar-refractivity contribution in [3.8, 4) is 5.75 Å². The SMILES string of the molecule is C=CCN1C[C@H](C)N([C@@H](c2cccc(O)c2)c2cccc(C(=O)N(C)c3ccncc3)c2)C[C@H]1C. The van der Waals surface area contributed by atoms with E-state index in [9.17, 15) is 9.90 Å². The molecule has 1 N–H and O–H groups in total. The molecule has 0 saturated carbocycles. The van der Waals surface area contributed by atoms with Crippen LogP contribution in [0.1, 0.15) is 41.4 Å². The number of hydrogen-bond acceptors (Lipinski definition) is 5. The number of aromatic hydroxyl groups is 1. The van der Waals surface area contributed by atoms with Gasteiger partial charge < -0.3 is 10.0 Å². The van der Waals surface area contributed by atoms with E-state index < -0.39 is 0 Å². The highest BCUT2D eigenvalue weighted by Gasteiger charge is 2.34. The number of carbonyl (C=O) groups excluding carboxylic acids is 1. The fourth-order valence-electron chi connectivity index (χ4n) is 5.00. The van der Waals surface area contributed by atoms with Gasteiger partial charge in [-0.3, -0.25) is 19.6 Å². The van der Waals surface area contributed by atoms with Gasteiger partial charge in [-0.15, -0.1) is 6.58 Å². The second-order valence-electron chi connectivity index (χ2n) is 9.33. The molecule has 2 heterocycles. The highest BCUT2D eigenvalue weighted by molar-refractivity contribution is 6.05. The van der Waals surface area contributed by atoms with Crippen LogP contribution in [0, 0.1) is 0 Å². The molecule has 2 aromatic carbocycles. The molecule has 182 valence electrons. The zero-order chi connectivity index (χ0) is 24.9. The van der Waals surface area contributed by atoms with Gasteiger partial charge in [-0.05, 0) is 61.4 Å². The van der Waals surface area contributed by atoms with Crippen molar-refractivity contribution in [3.05, 3.63) is 102 Å². The molecule has 35 heavy (non-hydrogen) atoms. The molecule has 0 spiro atoms. The van der Waals surface area contributed by atoms with Crippen molar-refractivity contribution in [1.82, 2.24) is 14.8 Å². The second kappa shape index (κ2) is 10.8. The highest BCUT2D eigenvalue weighted by Crippen LogP contribution is 2.35. The minimum absolute atomic E-state index is 0.0788. The fraction of sp³-hybridized carbons (Fsp3) is 0.310. The minimum atomic E-state index is -0.0931. The van der Waals surface area contributed by atoms with Crippen molar-refractivity contribution in [3.63, 3.8) is 0 Å². The zero-order valence-corrected chi connectivity index (χ0v) is 20.7. The van der Waals surface area contributed by atoms with E-state index in [2.05, 4.69) is 47.3 Å². The van der Waals surface area contributed by atoms with Crippen LogP contribution >= 0.6 is 0 Å². The molecule has 4 rings (SSSR count). The first-order valence-corrected chi connectivity index (χ1v) is 12.1. The van der Waals surface area contributed by atoms with Crippen molar-refractivity contribution in [2.75, 3.05) is 31.6 Å². The monoisotopic (exact) mass is 470 g/mol. The number of phenols is 1. The smallest absolute Gasteiger partial charge is 0.258 e. The molecule has 0 radical (unpaired) electrons. The van der Waals surface area contributed by atoms with Crippen LogP contribution in [0.25, 0.3) is 0 Å².